The average Bonchev–Trinajstić information content (AvgIpc) is 2.53. The van der Waals surface area contributed by atoms with Gasteiger partial charge in [-0.25, -0.2) is 8.42 Å². The van der Waals surface area contributed by atoms with Gasteiger partial charge in [0.15, 0.2) is 0 Å². The van der Waals surface area contributed by atoms with Gasteiger partial charge in [0.05, 0.1) is 16.5 Å². The highest BCUT2D eigenvalue weighted by atomic mass is 32.2. The molecular weight excluding hydrogens is 286 g/mol. The van der Waals surface area contributed by atoms with Crippen LogP contribution in [0.5, 0.6) is 0 Å². The van der Waals surface area contributed by atoms with Gasteiger partial charge in [0.1, 0.15) is 0 Å². The first-order chi connectivity index (χ1) is 10.1. The van der Waals surface area contributed by atoms with Gasteiger partial charge in [-0.2, -0.15) is 9.57 Å². The van der Waals surface area contributed by atoms with E-state index in [1.165, 1.54) is 6.07 Å². The van der Waals surface area contributed by atoms with E-state index in [1.807, 2.05) is 13.1 Å². The maximum Gasteiger partial charge on any atom is 0.243 e. The Balaban J connectivity index is 2.06. The minimum Gasteiger partial charge on any atom is -0.320 e. The van der Waals surface area contributed by atoms with E-state index in [2.05, 4.69) is 5.32 Å². The molecule has 0 radical (unpaired) electrons. The largest absolute Gasteiger partial charge is 0.320 e. The Bertz CT molecular complexity index is 614. The van der Waals surface area contributed by atoms with Crippen LogP contribution in [0, 0.1) is 17.2 Å². The lowest BCUT2D eigenvalue weighted by Crippen LogP contribution is -2.38. The molecule has 1 fully saturated rings. The molecular formula is C15H21N3O2S. The van der Waals surface area contributed by atoms with Crippen molar-refractivity contribution < 1.29 is 8.42 Å². The maximum absolute atomic E-state index is 12.6. The van der Waals surface area contributed by atoms with Crippen LogP contribution in [0.25, 0.3) is 0 Å². The molecule has 0 amide bonds. The van der Waals surface area contributed by atoms with E-state index in [9.17, 15) is 8.42 Å². The molecule has 0 bridgehead atoms. The Morgan fingerprint density at radius 1 is 1.38 bits per heavy atom. The average molecular weight is 307 g/mol. The van der Waals surface area contributed by atoms with Crippen LogP contribution in [-0.4, -0.2) is 39.4 Å². The van der Waals surface area contributed by atoms with Crippen molar-refractivity contribution in [2.45, 2.75) is 24.2 Å². The number of nitrogens with zero attached hydrogens (tertiary/aromatic N) is 2. The molecule has 2 rings (SSSR count). The Morgan fingerprint density at radius 3 is 2.71 bits per heavy atom. The van der Waals surface area contributed by atoms with Crippen LogP contribution in [0.2, 0.25) is 0 Å². The smallest absolute Gasteiger partial charge is 0.243 e. The molecule has 0 aliphatic carbocycles. The highest BCUT2D eigenvalue weighted by Gasteiger charge is 2.29. The molecule has 0 unspecified atom stereocenters. The fraction of sp³-hybridized carbons (Fsp3) is 0.533. The van der Waals surface area contributed by atoms with Crippen molar-refractivity contribution in [1.82, 2.24) is 9.62 Å². The van der Waals surface area contributed by atoms with E-state index in [1.54, 1.807) is 22.5 Å². The van der Waals surface area contributed by atoms with Crippen molar-refractivity contribution in [3.8, 4) is 6.07 Å². The molecule has 0 saturated carbocycles. The van der Waals surface area contributed by atoms with Crippen LogP contribution < -0.4 is 5.32 Å². The second-order valence-corrected chi connectivity index (χ2v) is 7.32. The summed E-state index contributed by atoms with van der Waals surface area (Å²) in [5.41, 5.74) is 0.375. The Hall–Kier alpha value is -1.42. The molecule has 1 aliphatic heterocycles. The van der Waals surface area contributed by atoms with Gasteiger partial charge in [-0.15, -0.1) is 0 Å². The van der Waals surface area contributed by atoms with Crippen LogP contribution in [0.1, 0.15) is 24.8 Å². The third kappa shape index (κ3) is 3.82. The zero-order valence-corrected chi connectivity index (χ0v) is 13.1. The molecule has 1 saturated heterocycles. The lowest BCUT2D eigenvalue weighted by atomic mass is 9.95. The van der Waals surface area contributed by atoms with E-state index in [0.717, 1.165) is 25.8 Å². The van der Waals surface area contributed by atoms with Gasteiger partial charge in [0.2, 0.25) is 10.0 Å². The lowest BCUT2D eigenvalue weighted by molar-refractivity contribution is 0.263. The number of rotatable bonds is 5. The normalized spacial score (nSPS) is 17.5. The summed E-state index contributed by atoms with van der Waals surface area (Å²) in [5.74, 6) is 0.592. The predicted molar refractivity (Wildman–Crippen MR) is 81.2 cm³/mol. The molecule has 0 atom stereocenters. The molecule has 1 heterocycles. The highest BCUT2D eigenvalue weighted by Crippen LogP contribution is 2.25. The second-order valence-electron chi connectivity index (χ2n) is 5.38. The van der Waals surface area contributed by atoms with Gasteiger partial charge in [0.25, 0.3) is 0 Å². The van der Waals surface area contributed by atoms with Gasteiger partial charge >= 0.3 is 0 Å². The van der Waals surface area contributed by atoms with Crippen LogP contribution in [0.4, 0.5) is 0 Å². The van der Waals surface area contributed by atoms with Gasteiger partial charge in [0, 0.05) is 13.1 Å². The number of nitrogens with one attached hydrogen (secondary N) is 1. The predicted octanol–water partition coefficient (Wildman–Crippen LogP) is 1.57. The summed E-state index contributed by atoms with van der Waals surface area (Å²) < 4.78 is 26.7. The van der Waals surface area contributed by atoms with Crippen molar-refractivity contribution in [2.75, 3.05) is 26.7 Å². The number of nitriles is 1. The molecule has 114 valence electrons. The summed E-state index contributed by atoms with van der Waals surface area (Å²) in [5, 5.41) is 12.0. The van der Waals surface area contributed by atoms with Gasteiger partial charge in [-0.1, -0.05) is 6.07 Å². The molecule has 1 aromatic rings. The molecule has 1 aliphatic rings. The van der Waals surface area contributed by atoms with Crippen molar-refractivity contribution in [1.29, 1.82) is 5.26 Å². The summed E-state index contributed by atoms with van der Waals surface area (Å²) in [4.78, 5) is 0.218. The number of benzene rings is 1. The maximum atomic E-state index is 12.6. The molecule has 1 N–H and O–H groups in total. The molecule has 0 spiro atoms. The first-order valence-corrected chi connectivity index (χ1v) is 8.67. The summed E-state index contributed by atoms with van der Waals surface area (Å²) >= 11 is 0. The molecule has 5 nitrogen and oxygen atoms in total. The summed E-state index contributed by atoms with van der Waals surface area (Å²) in [7, 11) is -1.54. The first kappa shape index (κ1) is 16.0. The molecule has 0 aromatic heterocycles. The number of piperidine rings is 1. The van der Waals surface area contributed by atoms with Crippen LogP contribution in [0.3, 0.4) is 0 Å². The van der Waals surface area contributed by atoms with E-state index < -0.39 is 10.0 Å². The van der Waals surface area contributed by atoms with E-state index in [4.69, 9.17) is 5.26 Å². The van der Waals surface area contributed by atoms with Crippen molar-refractivity contribution >= 4 is 10.0 Å². The summed E-state index contributed by atoms with van der Waals surface area (Å²) in [6, 6.07) is 8.22. The Morgan fingerprint density at radius 2 is 2.10 bits per heavy atom. The van der Waals surface area contributed by atoms with Crippen molar-refractivity contribution in [2.24, 2.45) is 5.92 Å². The third-order valence-corrected chi connectivity index (χ3v) is 5.87. The number of sulfonamides is 1. The number of hydrogen-bond acceptors (Lipinski definition) is 4. The summed E-state index contributed by atoms with van der Waals surface area (Å²) in [6.45, 7) is 2.10. The van der Waals surface area contributed by atoms with E-state index >= 15 is 0 Å². The molecule has 6 heteroatoms. The minimum atomic E-state index is -3.47. The third-order valence-electron chi connectivity index (χ3n) is 3.98. The van der Waals surface area contributed by atoms with E-state index in [0.29, 0.717) is 24.6 Å². The molecule has 21 heavy (non-hydrogen) atoms. The lowest BCUT2D eigenvalue weighted by Gasteiger charge is -2.31. The standard InChI is InChI=1S/C15H21N3O2S/c1-17-8-5-13-6-9-18(10-7-13)21(19,20)15-4-2-3-14(11-15)12-16/h2-4,11,13,17H,5-10H2,1H3. The quantitative estimate of drug-likeness (QED) is 0.896. The fourth-order valence-corrected chi connectivity index (χ4v) is 4.18. The van der Waals surface area contributed by atoms with Gasteiger partial charge < -0.3 is 5.32 Å². The summed E-state index contributed by atoms with van der Waals surface area (Å²) in [6.07, 6.45) is 2.89. The second kappa shape index (κ2) is 7.03. The van der Waals surface area contributed by atoms with Crippen LogP contribution >= 0.6 is 0 Å². The van der Waals surface area contributed by atoms with Gasteiger partial charge in [-0.3, -0.25) is 0 Å². The zero-order chi connectivity index (χ0) is 15.3. The van der Waals surface area contributed by atoms with E-state index in [-0.39, 0.29) is 4.90 Å². The van der Waals surface area contributed by atoms with Crippen molar-refractivity contribution in [3.05, 3.63) is 29.8 Å². The fourth-order valence-electron chi connectivity index (χ4n) is 2.66. The Labute approximate surface area is 126 Å². The first-order valence-electron chi connectivity index (χ1n) is 7.23. The van der Waals surface area contributed by atoms with Crippen LogP contribution in [0.15, 0.2) is 29.2 Å². The Kier molecular flexibility index (Phi) is 5.34. The van der Waals surface area contributed by atoms with Crippen molar-refractivity contribution in [3.63, 3.8) is 0 Å². The highest BCUT2D eigenvalue weighted by molar-refractivity contribution is 7.89. The van der Waals surface area contributed by atoms with Gasteiger partial charge in [-0.05, 0) is 57.0 Å². The zero-order valence-electron chi connectivity index (χ0n) is 12.2. The topological polar surface area (TPSA) is 73.2 Å². The SMILES string of the molecule is CNCCC1CCN(S(=O)(=O)c2cccc(C#N)c2)CC1. The number of hydrogen-bond donors (Lipinski definition) is 1. The monoisotopic (exact) mass is 307 g/mol. The minimum absolute atomic E-state index is 0.218. The van der Waals surface area contributed by atoms with Crippen LogP contribution in [-0.2, 0) is 10.0 Å². The molecule has 1 aromatic carbocycles.